The minimum absolute atomic E-state index is 0.120. The van der Waals surface area contributed by atoms with E-state index in [1.165, 1.54) is 25.8 Å². The van der Waals surface area contributed by atoms with E-state index in [-0.39, 0.29) is 5.78 Å². The Bertz CT molecular complexity index is 380. The topological polar surface area (TPSA) is 41.1 Å². The van der Waals surface area contributed by atoms with Crippen molar-refractivity contribution in [1.29, 1.82) is 0 Å². The normalized spacial score (nSPS) is 19.5. The summed E-state index contributed by atoms with van der Waals surface area (Å²) < 4.78 is 0. The molecule has 1 heterocycles. The first-order valence-corrected chi connectivity index (χ1v) is 6.81. The molecule has 1 saturated heterocycles. The van der Waals surface area contributed by atoms with Crippen molar-refractivity contribution in [2.45, 2.75) is 26.2 Å². The fraction of sp³-hybridized carbons (Fsp3) is 0.533. The number of rotatable bonds is 5. The van der Waals surface area contributed by atoms with Gasteiger partial charge in [0.25, 0.3) is 0 Å². The van der Waals surface area contributed by atoms with Crippen LogP contribution in [0.4, 0.5) is 5.69 Å². The van der Waals surface area contributed by atoms with Crippen molar-refractivity contribution in [3.05, 3.63) is 29.8 Å². The van der Waals surface area contributed by atoms with Gasteiger partial charge in [0.2, 0.25) is 0 Å². The lowest BCUT2D eigenvalue weighted by Gasteiger charge is -2.22. The summed E-state index contributed by atoms with van der Waals surface area (Å²) in [6, 6.07) is 7.73. The summed E-state index contributed by atoms with van der Waals surface area (Å²) in [4.78, 5) is 11.1. The second-order valence-corrected chi connectivity index (χ2v) is 5.06. The van der Waals surface area contributed by atoms with Crippen molar-refractivity contribution < 1.29 is 4.79 Å². The first-order valence-electron chi connectivity index (χ1n) is 6.81. The van der Waals surface area contributed by atoms with Crippen LogP contribution in [-0.4, -0.2) is 25.4 Å². The molecule has 18 heavy (non-hydrogen) atoms. The second kappa shape index (κ2) is 6.55. The number of ketones is 1. The molecule has 0 radical (unpaired) electrons. The number of hydrogen-bond donors (Lipinski definition) is 2. The third-order valence-corrected chi connectivity index (χ3v) is 3.57. The summed E-state index contributed by atoms with van der Waals surface area (Å²) in [5, 5.41) is 6.86. The van der Waals surface area contributed by atoms with Gasteiger partial charge in [0.1, 0.15) is 0 Å². The van der Waals surface area contributed by atoms with E-state index in [2.05, 4.69) is 10.6 Å². The van der Waals surface area contributed by atoms with E-state index in [9.17, 15) is 4.79 Å². The lowest BCUT2D eigenvalue weighted by atomic mass is 9.96. The number of carbonyl (C=O) groups is 1. The first kappa shape index (κ1) is 13.1. The Labute approximate surface area is 109 Å². The van der Waals surface area contributed by atoms with Gasteiger partial charge >= 0.3 is 0 Å². The summed E-state index contributed by atoms with van der Waals surface area (Å²) in [5.41, 5.74) is 1.88. The van der Waals surface area contributed by atoms with E-state index in [1.54, 1.807) is 6.92 Å². The highest BCUT2D eigenvalue weighted by atomic mass is 16.1. The van der Waals surface area contributed by atoms with Crippen LogP contribution in [0.5, 0.6) is 0 Å². The smallest absolute Gasteiger partial charge is 0.159 e. The van der Waals surface area contributed by atoms with E-state index in [1.807, 2.05) is 24.3 Å². The highest BCUT2D eigenvalue weighted by Crippen LogP contribution is 2.15. The van der Waals surface area contributed by atoms with Crippen molar-refractivity contribution >= 4 is 11.5 Å². The number of benzene rings is 1. The number of piperidine rings is 1. The number of Topliss-reactive ketones (excluding diaryl/α,β-unsaturated/α-hetero) is 1. The number of hydrogen-bond acceptors (Lipinski definition) is 3. The molecule has 1 aromatic rings. The van der Waals surface area contributed by atoms with E-state index in [4.69, 9.17) is 0 Å². The van der Waals surface area contributed by atoms with E-state index >= 15 is 0 Å². The highest BCUT2D eigenvalue weighted by Gasteiger charge is 2.11. The van der Waals surface area contributed by atoms with Crippen LogP contribution in [0.3, 0.4) is 0 Å². The molecule has 0 bridgehead atoms. The molecule has 2 N–H and O–H groups in total. The molecule has 1 aliphatic rings. The molecule has 3 nitrogen and oxygen atoms in total. The maximum Gasteiger partial charge on any atom is 0.159 e. The van der Waals surface area contributed by atoms with Crippen LogP contribution < -0.4 is 10.6 Å². The molecule has 1 aromatic carbocycles. The summed E-state index contributed by atoms with van der Waals surface area (Å²) in [6.45, 7) is 4.94. The van der Waals surface area contributed by atoms with Crippen molar-refractivity contribution in [3.63, 3.8) is 0 Å². The molecule has 0 aliphatic carbocycles. The van der Waals surface area contributed by atoms with Crippen LogP contribution in [0.25, 0.3) is 0 Å². The van der Waals surface area contributed by atoms with E-state index < -0.39 is 0 Å². The Morgan fingerprint density at radius 3 is 2.78 bits per heavy atom. The molecule has 1 unspecified atom stereocenters. The van der Waals surface area contributed by atoms with Gasteiger partial charge in [0.15, 0.2) is 5.78 Å². The predicted octanol–water partition coefficient (Wildman–Crippen LogP) is 2.69. The Morgan fingerprint density at radius 1 is 1.39 bits per heavy atom. The van der Waals surface area contributed by atoms with Gasteiger partial charge in [-0.2, -0.15) is 0 Å². The molecule has 0 aromatic heterocycles. The first-order chi connectivity index (χ1) is 8.75. The third-order valence-electron chi connectivity index (χ3n) is 3.57. The molecule has 0 spiro atoms. The lowest BCUT2D eigenvalue weighted by Crippen LogP contribution is -2.30. The predicted molar refractivity (Wildman–Crippen MR) is 75.1 cm³/mol. The Balaban J connectivity index is 1.74. The van der Waals surface area contributed by atoms with E-state index in [0.29, 0.717) is 0 Å². The molecular formula is C15H22N2O. The molecule has 98 valence electrons. The quantitative estimate of drug-likeness (QED) is 0.785. The van der Waals surface area contributed by atoms with Crippen LogP contribution in [0, 0.1) is 5.92 Å². The largest absolute Gasteiger partial charge is 0.385 e. The van der Waals surface area contributed by atoms with Crippen molar-refractivity contribution in [2.24, 2.45) is 5.92 Å². The molecule has 1 fully saturated rings. The van der Waals surface area contributed by atoms with Crippen LogP contribution in [0.2, 0.25) is 0 Å². The Morgan fingerprint density at radius 2 is 2.17 bits per heavy atom. The molecule has 2 rings (SSSR count). The van der Waals surface area contributed by atoms with Gasteiger partial charge in [-0.1, -0.05) is 0 Å². The SMILES string of the molecule is CC(=O)c1ccc(NCCC2CCCNC2)cc1. The number of anilines is 1. The van der Waals surface area contributed by atoms with Gasteiger partial charge in [-0.15, -0.1) is 0 Å². The Hall–Kier alpha value is -1.35. The van der Waals surface area contributed by atoms with Crippen LogP contribution in [-0.2, 0) is 0 Å². The van der Waals surface area contributed by atoms with Crippen LogP contribution >= 0.6 is 0 Å². The fourth-order valence-electron chi connectivity index (χ4n) is 2.41. The number of nitrogens with one attached hydrogen (secondary N) is 2. The van der Waals surface area contributed by atoms with Gasteiger partial charge in [0, 0.05) is 17.8 Å². The zero-order chi connectivity index (χ0) is 12.8. The highest BCUT2D eigenvalue weighted by molar-refractivity contribution is 5.94. The molecule has 1 aliphatic heterocycles. The summed E-state index contributed by atoms with van der Waals surface area (Å²) >= 11 is 0. The average molecular weight is 246 g/mol. The Kier molecular flexibility index (Phi) is 4.76. The molecule has 1 atom stereocenters. The monoisotopic (exact) mass is 246 g/mol. The lowest BCUT2D eigenvalue weighted by molar-refractivity contribution is 0.101. The van der Waals surface area contributed by atoms with Crippen molar-refractivity contribution in [2.75, 3.05) is 25.0 Å². The summed E-state index contributed by atoms with van der Waals surface area (Å²) in [6.07, 6.45) is 3.86. The maximum absolute atomic E-state index is 11.1. The third kappa shape index (κ3) is 3.84. The number of carbonyl (C=O) groups excluding carboxylic acids is 1. The van der Waals surface area contributed by atoms with Crippen LogP contribution in [0.15, 0.2) is 24.3 Å². The summed E-state index contributed by atoms with van der Waals surface area (Å²) in [7, 11) is 0. The zero-order valence-corrected chi connectivity index (χ0v) is 11.0. The molecular weight excluding hydrogens is 224 g/mol. The van der Waals surface area contributed by atoms with Gasteiger partial charge in [0.05, 0.1) is 0 Å². The minimum atomic E-state index is 0.120. The second-order valence-electron chi connectivity index (χ2n) is 5.06. The van der Waals surface area contributed by atoms with Crippen LogP contribution in [0.1, 0.15) is 36.5 Å². The van der Waals surface area contributed by atoms with Gasteiger partial charge < -0.3 is 10.6 Å². The molecule has 3 heteroatoms. The van der Waals surface area contributed by atoms with Gasteiger partial charge in [-0.05, 0) is 69.5 Å². The fourth-order valence-corrected chi connectivity index (χ4v) is 2.41. The molecule has 0 saturated carbocycles. The average Bonchev–Trinajstić information content (AvgIpc) is 2.40. The van der Waals surface area contributed by atoms with Crippen molar-refractivity contribution in [1.82, 2.24) is 5.32 Å². The van der Waals surface area contributed by atoms with Crippen molar-refractivity contribution in [3.8, 4) is 0 Å². The van der Waals surface area contributed by atoms with Gasteiger partial charge in [-0.25, -0.2) is 0 Å². The summed E-state index contributed by atoms with van der Waals surface area (Å²) in [5.74, 6) is 0.928. The maximum atomic E-state index is 11.1. The molecule has 0 amide bonds. The van der Waals surface area contributed by atoms with E-state index in [0.717, 1.165) is 30.3 Å². The van der Waals surface area contributed by atoms with Gasteiger partial charge in [-0.3, -0.25) is 4.79 Å². The zero-order valence-electron chi connectivity index (χ0n) is 11.0. The minimum Gasteiger partial charge on any atom is -0.385 e. The standard InChI is InChI=1S/C15H22N2O/c1-12(18)14-4-6-15(7-5-14)17-10-8-13-3-2-9-16-11-13/h4-7,13,16-17H,2-3,8-11H2,1H3.